The van der Waals surface area contributed by atoms with Crippen LogP contribution in [0.1, 0.15) is 29.8 Å². The van der Waals surface area contributed by atoms with E-state index in [2.05, 4.69) is 36.5 Å². The van der Waals surface area contributed by atoms with Gasteiger partial charge in [0.1, 0.15) is 6.33 Å². The predicted molar refractivity (Wildman–Crippen MR) is 70.4 cm³/mol. The molecule has 0 amide bonds. The molecule has 0 unspecified atom stereocenters. The summed E-state index contributed by atoms with van der Waals surface area (Å²) in [5.74, 6) is 0.950. The fraction of sp³-hybridized carbons (Fsp3) is 0.385. The number of hydrogen-bond donors (Lipinski definition) is 0. The molecule has 0 N–H and O–H groups in total. The van der Waals surface area contributed by atoms with E-state index in [0.29, 0.717) is 0 Å². The van der Waals surface area contributed by atoms with Gasteiger partial charge in [0.2, 0.25) is 0 Å². The SMILES string of the molecule is Cc1cnc(-n2cnc3c2CCCC3)c(Br)c1. The number of rotatable bonds is 1. The highest BCUT2D eigenvalue weighted by Gasteiger charge is 2.17. The second kappa shape index (κ2) is 4.26. The molecule has 0 spiro atoms. The van der Waals surface area contributed by atoms with Gasteiger partial charge in [0.25, 0.3) is 0 Å². The summed E-state index contributed by atoms with van der Waals surface area (Å²) in [6, 6.07) is 2.09. The maximum Gasteiger partial charge on any atom is 0.152 e. The van der Waals surface area contributed by atoms with Gasteiger partial charge in [-0.3, -0.25) is 4.57 Å². The number of imidazole rings is 1. The minimum absolute atomic E-state index is 0.950. The third kappa shape index (κ3) is 1.90. The lowest BCUT2D eigenvalue weighted by Gasteiger charge is -2.14. The lowest BCUT2D eigenvalue weighted by Crippen LogP contribution is -2.08. The van der Waals surface area contributed by atoms with Crippen molar-refractivity contribution in [3.8, 4) is 5.82 Å². The van der Waals surface area contributed by atoms with Gasteiger partial charge in [-0.05, 0) is 60.2 Å². The monoisotopic (exact) mass is 291 g/mol. The van der Waals surface area contributed by atoms with E-state index in [1.54, 1.807) is 0 Å². The second-order valence-corrected chi connectivity index (χ2v) is 5.39. The van der Waals surface area contributed by atoms with Gasteiger partial charge in [-0.1, -0.05) is 0 Å². The Morgan fingerprint density at radius 3 is 2.88 bits per heavy atom. The largest absolute Gasteiger partial charge is 0.286 e. The first-order valence-electron chi connectivity index (χ1n) is 5.93. The minimum Gasteiger partial charge on any atom is -0.286 e. The lowest BCUT2D eigenvalue weighted by molar-refractivity contribution is 0.654. The molecule has 4 heteroatoms. The van der Waals surface area contributed by atoms with Crippen LogP contribution in [0.5, 0.6) is 0 Å². The first kappa shape index (κ1) is 11.0. The molecule has 0 saturated heterocycles. The zero-order chi connectivity index (χ0) is 11.8. The molecule has 2 aromatic rings. The number of aryl methyl sites for hydroxylation is 2. The topological polar surface area (TPSA) is 30.7 Å². The van der Waals surface area contributed by atoms with Crippen LogP contribution < -0.4 is 0 Å². The molecule has 0 aliphatic heterocycles. The van der Waals surface area contributed by atoms with E-state index in [1.165, 1.54) is 24.2 Å². The normalized spacial score (nSPS) is 14.7. The fourth-order valence-corrected chi connectivity index (χ4v) is 3.01. The molecule has 0 radical (unpaired) electrons. The van der Waals surface area contributed by atoms with Crippen LogP contribution in [0.3, 0.4) is 0 Å². The summed E-state index contributed by atoms with van der Waals surface area (Å²) < 4.78 is 3.15. The molecule has 2 aromatic heterocycles. The smallest absolute Gasteiger partial charge is 0.152 e. The van der Waals surface area contributed by atoms with Gasteiger partial charge in [-0.2, -0.15) is 0 Å². The molecule has 0 saturated carbocycles. The number of hydrogen-bond acceptors (Lipinski definition) is 2. The zero-order valence-corrected chi connectivity index (χ0v) is 11.4. The van der Waals surface area contributed by atoms with E-state index in [4.69, 9.17) is 0 Å². The van der Waals surface area contributed by atoms with E-state index >= 15 is 0 Å². The maximum absolute atomic E-state index is 4.50. The first-order valence-corrected chi connectivity index (χ1v) is 6.72. The quantitative estimate of drug-likeness (QED) is 0.808. The molecule has 1 aliphatic carbocycles. The van der Waals surface area contributed by atoms with Crippen molar-refractivity contribution in [1.29, 1.82) is 0 Å². The summed E-state index contributed by atoms with van der Waals surface area (Å²) in [4.78, 5) is 9.00. The number of pyridine rings is 1. The summed E-state index contributed by atoms with van der Waals surface area (Å²) in [5.41, 5.74) is 3.73. The highest BCUT2D eigenvalue weighted by Crippen LogP contribution is 2.26. The summed E-state index contributed by atoms with van der Waals surface area (Å²) in [6.45, 7) is 2.05. The zero-order valence-electron chi connectivity index (χ0n) is 9.78. The van der Waals surface area contributed by atoms with Gasteiger partial charge in [0, 0.05) is 11.9 Å². The minimum atomic E-state index is 0.950. The van der Waals surface area contributed by atoms with Crippen LogP contribution in [0.15, 0.2) is 23.1 Å². The third-order valence-electron chi connectivity index (χ3n) is 3.22. The second-order valence-electron chi connectivity index (χ2n) is 4.53. The molecule has 2 heterocycles. The first-order chi connectivity index (χ1) is 8.25. The molecule has 1 aliphatic rings. The van der Waals surface area contributed by atoms with Crippen LogP contribution in [0.2, 0.25) is 0 Å². The number of fused-ring (bicyclic) bond motifs is 1. The number of nitrogens with zero attached hydrogens (tertiary/aromatic N) is 3. The molecule has 0 aromatic carbocycles. The molecule has 0 bridgehead atoms. The van der Waals surface area contributed by atoms with Crippen LogP contribution >= 0.6 is 15.9 Å². The van der Waals surface area contributed by atoms with Crippen molar-refractivity contribution in [3.63, 3.8) is 0 Å². The van der Waals surface area contributed by atoms with E-state index in [1.807, 2.05) is 19.4 Å². The van der Waals surface area contributed by atoms with Gasteiger partial charge in [0.15, 0.2) is 5.82 Å². The van der Waals surface area contributed by atoms with Crippen molar-refractivity contribution in [2.75, 3.05) is 0 Å². The third-order valence-corrected chi connectivity index (χ3v) is 3.80. The van der Waals surface area contributed by atoms with Gasteiger partial charge in [0.05, 0.1) is 10.2 Å². The summed E-state index contributed by atoms with van der Waals surface area (Å²) in [7, 11) is 0. The predicted octanol–water partition coefficient (Wildman–Crippen LogP) is 3.22. The molecular weight excluding hydrogens is 278 g/mol. The average Bonchev–Trinajstić information content (AvgIpc) is 2.73. The summed E-state index contributed by atoms with van der Waals surface area (Å²) in [5, 5.41) is 0. The van der Waals surface area contributed by atoms with Crippen molar-refractivity contribution in [2.45, 2.75) is 32.6 Å². The molecule has 0 fully saturated rings. The standard InChI is InChI=1S/C13H14BrN3/c1-9-6-10(14)13(15-7-9)17-8-16-11-4-2-3-5-12(11)17/h6-8H,2-5H2,1H3. The Morgan fingerprint density at radius 2 is 2.06 bits per heavy atom. The Hall–Kier alpha value is -1.16. The van der Waals surface area contributed by atoms with Crippen LogP contribution in [0, 0.1) is 6.92 Å². The van der Waals surface area contributed by atoms with Crippen molar-refractivity contribution in [3.05, 3.63) is 40.0 Å². The maximum atomic E-state index is 4.50. The van der Waals surface area contributed by atoms with Crippen molar-refractivity contribution >= 4 is 15.9 Å². The molecule has 17 heavy (non-hydrogen) atoms. The van der Waals surface area contributed by atoms with Crippen molar-refractivity contribution < 1.29 is 0 Å². The van der Waals surface area contributed by atoms with E-state index in [0.717, 1.165) is 28.7 Å². The molecule has 88 valence electrons. The molecule has 3 rings (SSSR count). The number of halogens is 1. The Balaban J connectivity index is 2.12. The van der Waals surface area contributed by atoms with Crippen LogP contribution in [0.4, 0.5) is 0 Å². The fourth-order valence-electron chi connectivity index (χ4n) is 2.36. The Bertz CT molecular complexity index is 560. The Morgan fingerprint density at radius 1 is 1.24 bits per heavy atom. The van der Waals surface area contributed by atoms with Crippen molar-refractivity contribution in [2.24, 2.45) is 0 Å². The van der Waals surface area contributed by atoms with Crippen LogP contribution in [-0.2, 0) is 12.8 Å². The van der Waals surface area contributed by atoms with Gasteiger partial charge < -0.3 is 0 Å². The Kier molecular flexibility index (Phi) is 2.74. The van der Waals surface area contributed by atoms with Gasteiger partial charge >= 0.3 is 0 Å². The lowest BCUT2D eigenvalue weighted by atomic mass is 10.0. The highest BCUT2D eigenvalue weighted by molar-refractivity contribution is 9.10. The highest BCUT2D eigenvalue weighted by atomic mass is 79.9. The van der Waals surface area contributed by atoms with Gasteiger partial charge in [-0.25, -0.2) is 9.97 Å². The molecule has 0 atom stereocenters. The Labute approximate surface area is 109 Å². The van der Waals surface area contributed by atoms with Crippen LogP contribution in [0.25, 0.3) is 5.82 Å². The number of aromatic nitrogens is 3. The van der Waals surface area contributed by atoms with E-state index < -0.39 is 0 Å². The molecular formula is C13H14BrN3. The summed E-state index contributed by atoms with van der Waals surface area (Å²) in [6.07, 6.45) is 8.52. The van der Waals surface area contributed by atoms with Gasteiger partial charge in [-0.15, -0.1) is 0 Å². The average molecular weight is 292 g/mol. The van der Waals surface area contributed by atoms with E-state index in [-0.39, 0.29) is 0 Å². The molecule has 3 nitrogen and oxygen atoms in total. The van der Waals surface area contributed by atoms with E-state index in [9.17, 15) is 0 Å². The van der Waals surface area contributed by atoms with Crippen molar-refractivity contribution in [1.82, 2.24) is 14.5 Å². The van der Waals surface area contributed by atoms with Crippen LogP contribution in [-0.4, -0.2) is 14.5 Å². The summed E-state index contributed by atoms with van der Waals surface area (Å²) >= 11 is 3.59.